The number of rotatable bonds is 0. The number of urea groups is 1. The SMILES string of the molecule is O=C1[C]=C2NC(=O)N=C2C=C1. The molecule has 1 aliphatic heterocycles. The van der Waals surface area contributed by atoms with Gasteiger partial charge in [-0.3, -0.25) is 4.79 Å². The lowest BCUT2D eigenvalue weighted by molar-refractivity contribution is -0.111. The Hall–Kier alpha value is -1.71. The molecule has 0 unspecified atom stereocenters. The predicted octanol–water partition coefficient (Wildman–Crippen LogP) is -0.0234. The first kappa shape index (κ1) is 6.03. The summed E-state index contributed by atoms with van der Waals surface area (Å²) in [5, 5.41) is 2.38. The molecular formula is C7H3N2O2. The van der Waals surface area contributed by atoms with Crippen LogP contribution in [0, 0.1) is 6.08 Å². The van der Waals surface area contributed by atoms with Crippen LogP contribution in [0.2, 0.25) is 0 Å². The van der Waals surface area contributed by atoms with Crippen molar-refractivity contribution >= 4 is 17.5 Å². The van der Waals surface area contributed by atoms with Crippen LogP contribution < -0.4 is 5.32 Å². The molecule has 4 nitrogen and oxygen atoms in total. The smallest absolute Gasteiger partial charge is 0.303 e. The van der Waals surface area contributed by atoms with Crippen LogP contribution in [0.4, 0.5) is 4.79 Å². The first-order valence-electron chi connectivity index (χ1n) is 3.02. The van der Waals surface area contributed by atoms with Gasteiger partial charge in [-0.05, 0) is 12.2 Å². The fourth-order valence-corrected chi connectivity index (χ4v) is 0.900. The molecule has 11 heavy (non-hydrogen) atoms. The first-order chi connectivity index (χ1) is 5.25. The maximum Gasteiger partial charge on any atom is 0.346 e. The number of fused-ring (bicyclic) bond motifs is 1. The van der Waals surface area contributed by atoms with Crippen molar-refractivity contribution < 1.29 is 9.59 Å². The Kier molecular flexibility index (Phi) is 1.03. The summed E-state index contributed by atoms with van der Waals surface area (Å²) in [5.74, 6) is -0.249. The lowest BCUT2D eigenvalue weighted by atomic mass is 10.1. The van der Waals surface area contributed by atoms with Crippen LogP contribution in [0.25, 0.3) is 0 Å². The van der Waals surface area contributed by atoms with E-state index in [-0.39, 0.29) is 5.78 Å². The molecule has 0 saturated carbocycles. The number of carbonyl (C=O) groups excluding carboxylic acids is 2. The van der Waals surface area contributed by atoms with Crippen LogP contribution in [0.3, 0.4) is 0 Å². The van der Waals surface area contributed by atoms with Crippen molar-refractivity contribution in [3.05, 3.63) is 23.9 Å². The second-order valence-corrected chi connectivity index (χ2v) is 2.12. The van der Waals surface area contributed by atoms with Crippen LogP contribution in [0.5, 0.6) is 0 Å². The number of allylic oxidation sites excluding steroid dienone is 3. The Labute approximate surface area is 62.3 Å². The first-order valence-corrected chi connectivity index (χ1v) is 3.02. The number of hydrogen-bond acceptors (Lipinski definition) is 2. The molecule has 1 aliphatic carbocycles. The maximum absolute atomic E-state index is 10.7. The quantitative estimate of drug-likeness (QED) is 0.489. The van der Waals surface area contributed by atoms with Crippen molar-refractivity contribution in [3.8, 4) is 0 Å². The van der Waals surface area contributed by atoms with Gasteiger partial charge in [-0.2, -0.15) is 4.99 Å². The predicted molar refractivity (Wildman–Crippen MR) is 36.9 cm³/mol. The number of nitrogens with one attached hydrogen (secondary N) is 1. The van der Waals surface area contributed by atoms with Gasteiger partial charge in [0.2, 0.25) is 0 Å². The van der Waals surface area contributed by atoms with Gasteiger partial charge in [0.15, 0.2) is 5.78 Å². The zero-order chi connectivity index (χ0) is 7.84. The molecule has 2 amide bonds. The molecule has 0 bridgehead atoms. The number of aliphatic imine (C=N–C) groups is 1. The molecule has 1 radical (unpaired) electrons. The molecule has 0 aromatic carbocycles. The lowest BCUT2D eigenvalue weighted by Crippen LogP contribution is -2.17. The van der Waals surface area contributed by atoms with Gasteiger partial charge in [0.25, 0.3) is 0 Å². The summed E-state index contributed by atoms with van der Waals surface area (Å²) in [6.07, 6.45) is 5.25. The van der Waals surface area contributed by atoms with Crippen LogP contribution in [0.1, 0.15) is 0 Å². The Bertz CT molecular complexity index is 336. The van der Waals surface area contributed by atoms with Gasteiger partial charge >= 0.3 is 6.03 Å². The van der Waals surface area contributed by atoms with Gasteiger partial charge < -0.3 is 5.32 Å². The molecule has 2 rings (SSSR count). The van der Waals surface area contributed by atoms with E-state index in [4.69, 9.17) is 0 Å². The minimum atomic E-state index is -0.443. The second kappa shape index (κ2) is 1.88. The number of hydrogen-bond donors (Lipinski definition) is 1. The molecule has 53 valence electrons. The molecule has 0 fully saturated rings. The number of nitrogens with zero attached hydrogens (tertiary/aromatic N) is 1. The summed E-state index contributed by atoms with van der Waals surface area (Å²) in [7, 11) is 0. The molecule has 0 aromatic heterocycles. The molecule has 1 N–H and O–H groups in total. The van der Waals surface area contributed by atoms with Crippen LogP contribution in [-0.4, -0.2) is 17.5 Å². The molecular weight excluding hydrogens is 144 g/mol. The minimum Gasteiger partial charge on any atom is -0.303 e. The third-order valence-corrected chi connectivity index (χ3v) is 1.35. The van der Waals surface area contributed by atoms with E-state index in [1.54, 1.807) is 0 Å². The Morgan fingerprint density at radius 1 is 1.36 bits per heavy atom. The zero-order valence-electron chi connectivity index (χ0n) is 5.42. The van der Waals surface area contributed by atoms with Crippen molar-refractivity contribution in [2.24, 2.45) is 4.99 Å². The number of amides is 2. The van der Waals surface area contributed by atoms with Crippen molar-refractivity contribution in [1.82, 2.24) is 5.32 Å². The van der Waals surface area contributed by atoms with E-state index in [2.05, 4.69) is 16.4 Å². The van der Waals surface area contributed by atoms with Crippen molar-refractivity contribution in [2.45, 2.75) is 0 Å². The highest BCUT2D eigenvalue weighted by molar-refractivity contribution is 6.24. The van der Waals surface area contributed by atoms with Crippen LogP contribution >= 0.6 is 0 Å². The fraction of sp³-hybridized carbons (Fsp3) is 0. The number of ketones is 1. The van der Waals surface area contributed by atoms with Crippen molar-refractivity contribution in [1.29, 1.82) is 0 Å². The average Bonchev–Trinajstić information content (AvgIpc) is 2.27. The molecule has 0 spiro atoms. The highest BCUT2D eigenvalue weighted by Gasteiger charge is 2.20. The topological polar surface area (TPSA) is 58.5 Å². The van der Waals surface area contributed by atoms with E-state index in [0.717, 1.165) is 0 Å². The highest BCUT2D eigenvalue weighted by Crippen LogP contribution is 2.08. The summed E-state index contributed by atoms with van der Waals surface area (Å²) >= 11 is 0. The Balaban J connectivity index is 2.47. The van der Waals surface area contributed by atoms with E-state index in [9.17, 15) is 9.59 Å². The number of carbonyl (C=O) groups is 2. The van der Waals surface area contributed by atoms with E-state index in [0.29, 0.717) is 11.4 Å². The normalized spacial score (nSPS) is 20.7. The average molecular weight is 147 g/mol. The van der Waals surface area contributed by atoms with E-state index in [1.165, 1.54) is 12.2 Å². The standard InChI is InChI=1S/C7H3N2O2/c10-4-1-2-5-6(3-4)9-7(11)8-5/h1-2H,(H,9,11). The minimum absolute atomic E-state index is 0.249. The summed E-state index contributed by atoms with van der Waals surface area (Å²) in [5.41, 5.74) is 0.858. The third-order valence-electron chi connectivity index (χ3n) is 1.35. The summed E-state index contributed by atoms with van der Waals surface area (Å²) in [6.45, 7) is 0. The largest absolute Gasteiger partial charge is 0.346 e. The molecule has 0 saturated heterocycles. The molecule has 0 aromatic rings. The van der Waals surface area contributed by atoms with Gasteiger partial charge in [0.05, 0.1) is 17.5 Å². The monoisotopic (exact) mass is 147 g/mol. The third kappa shape index (κ3) is 0.881. The van der Waals surface area contributed by atoms with Gasteiger partial charge in [-0.1, -0.05) is 0 Å². The lowest BCUT2D eigenvalue weighted by Gasteiger charge is -1.99. The second-order valence-electron chi connectivity index (χ2n) is 2.12. The highest BCUT2D eigenvalue weighted by atomic mass is 16.2. The van der Waals surface area contributed by atoms with Crippen LogP contribution in [0.15, 0.2) is 22.8 Å². The molecule has 4 heteroatoms. The Morgan fingerprint density at radius 3 is 3.00 bits per heavy atom. The van der Waals surface area contributed by atoms with E-state index >= 15 is 0 Å². The maximum atomic E-state index is 10.7. The van der Waals surface area contributed by atoms with Crippen LogP contribution in [-0.2, 0) is 4.79 Å². The summed E-state index contributed by atoms with van der Waals surface area (Å²) in [6, 6.07) is -0.443. The van der Waals surface area contributed by atoms with Gasteiger partial charge in [0.1, 0.15) is 0 Å². The van der Waals surface area contributed by atoms with E-state index < -0.39 is 6.03 Å². The molecule has 1 heterocycles. The fourth-order valence-electron chi connectivity index (χ4n) is 0.900. The molecule has 2 aliphatic rings. The van der Waals surface area contributed by atoms with E-state index in [1.807, 2.05) is 0 Å². The van der Waals surface area contributed by atoms with Gasteiger partial charge in [-0.15, -0.1) is 0 Å². The van der Waals surface area contributed by atoms with Gasteiger partial charge in [-0.25, -0.2) is 4.79 Å². The zero-order valence-corrected chi connectivity index (χ0v) is 5.42. The summed E-state index contributed by atoms with van der Waals surface area (Å²) in [4.78, 5) is 24.9. The Morgan fingerprint density at radius 2 is 2.18 bits per heavy atom. The van der Waals surface area contributed by atoms with Gasteiger partial charge in [0, 0.05) is 0 Å². The van der Waals surface area contributed by atoms with Crippen molar-refractivity contribution in [2.75, 3.05) is 0 Å². The summed E-state index contributed by atoms with van der Waals surface area (Å²) < 4.78 is 0. The molecule has 0 atom stereocenters. The van der Waals surface area contributed by atoms with Crippen molar-refractivity contribution in [3.63, 3.8) is 0 Å².